The van der Waals surface area contributed by atoms with E-state index in [9.17, 15) is 0 Å². The van der Waals surface area contributed by atoms with Crippen LogP contribution in [0.1, 0.15) is 17.4 Å². The van der Waals surface area contributed by atoms with E-state index in [2.05, 4.69) is 0 Å². The maximum Gasteiger partial charge on any atom is 0.125 e. The Labute approximate surface area is 74.6 Å². The lowest BCUT2D eigenvalue weighted by molar-refractivity contribution is 0.490. The van der Waals surface area contributed by atoms with Gasteiger partial charge in [0.05, 0.1) is 12.3 Å². The summed E-state index contributed by atoms with van der Waals surface area (Å²) in [4.78, 5) is 0. The summed E-state index contributed by atoms with van der Waals surface area (Å²) >= 11 is 1.64. The van der Waals surface area contributed by atoms with Crippen LogP contribution in [0.25, 0.3) is 0 Å². The molecule has 1 unspecified atom stereocenters. The molecular formula is C9H9NOS. The van der Waals surface area contributed by atoms with Gasteiger partial charge in [-0.05, 0) is 34.5 Å². The van der Waals surface area contributed by atoms with E-state index in [0.29, 0.717) is 0 Å². The Morgan fingerprint density at radius 1 is 1.42 bits per heavy atom. The van der Waals surface area contributed by atoms with Crippen LogP contribution in [0, 0.1) is 0 Å². The van der Waals surface area contributed by atoms with E-state index in [1.807, 2.05) is 29.0 Å². The summed E-state index contributed by atoms with van der Waals surface area (Å²) in [6.07, 6.45) is 1.64. The molecule has 0 radical (unpaired) electrons. The Balaban J connectivity index is 2.27. The Morgan fingerprint density at radius 2 is 2.33 bits per heavy atom. The average molecular weight is 179 g/mol. The molecule has 0 spiro atoms. The predicted molar refractivity (Wildman–Crippen MR) is 49.1 cm³/mol. The maximum atomic E-state index is 5.92. The van der Waals surface area contributed by atoms with E-state index in [1.165, 1.54) is 0 Å². The van der Waals surface area contributed by atoms with Gasteiger partial charge in [0.25, 0.3) is 0 Å². The van der Waals surface area contributed by atoms with E-state index >= 15 is 0 Å². The van der Waals surface area contributed by atoms with E-state index in [1.54, 1.807) is 17.6 Å². The molecule has 0 aliphatic rings. The Kier molecular flexibility index (Phi) is 1.98. The van der Waals surface area contributed by atoms with Gasteiger partial charge in [-0.3, -0.25) is 0 Å². The first kappa shape index (κ1) is 7.58. The molecule has 2 N–H and O–H groups in total. The third kappa shape index (κ3) is 1.29. The normalized spacial score (nSPS) is 13.1. The molecule has 1 atom stereocenters. The van der Waals surface area contributed by atoms with Gasteiger partial charge >= 0.3 is 0 Å². The van der Waals surface area contributed by atoms with Gasteiger partial charge in [0, 0.05) is 0 Å². The van der Waals surface area contributed by atoms with Crippen molar-refractivity contribution in [3.05, 3.63) is 46.5 Å². The van der Waals surface area contributed by atoms with E-state index < -0.39 is 0 Å². The molecule has 0 bridgehead atoms. The minimum Gasteiger partial charge on any atom is -0.467 e. The first-order chi connectivity index (χ1) is 5.88. The van der Waals surface area contributed by atoms with Gasteiger partial charge < -0.3 is 10.2 Å². The van der Waals surface area contributed by atoms with Crippen LogP contribution < -0.4 is 5.73 Å². The zero-order chi connectivity index (χ0) is 8.39. The van der Waals surface area contributed by atoms with E-state index in [0.717, 1.165) is 11.3 Å². The van der Waals surface area contributed by atoms with Crippen LogP contribution in [-0.4, -0.2) is 0 Å². The lowest BCUT2D eigenvalue weighted by atomic mass is 10.1. The minimum absolute atomic E-state index is 0.119. The fourth-order valence-electron chi connectivity index (χ4n) is 1.08. The van der Waals surface area contributed by atoms with Gasteiger partial charge in [0.15, 0.2) is 0 Å². The van der Waals surface area contributed by atoms with Gasteiger partial charge in [0.2, 0.25) is 0 Å². The first-order valence-electron chi connectivity index (χ1n) is 3.69. The van der Waals surface area contributed by atoms with Crippen molar-refractivity contribution in [3.8, 4) is 0 Å². The molecule has 0 aromatic carbocycles. The highest BCUT2D eigenvalue weighted by atomic mass is 32.1. The Morgan fingerprint density at radius 3 is 2.92 bits per heavy atom. The smallest absolute Gasteiger partial charge is 0.125 e. The van der Waals surface area contributed by atoms with Crippen LogP contribution in [0.3, 0.4) is 0 Å². The van der Waals surface area contributed by atoms with Gasteiger partial charge in [0.1, 0.15) is 5.76 Å². The van der Waals surface area contributed by atoms with Gasteiger partial charge in [-0.15, -0.1) is 0 Å². The van der Waals surface area contributed by atoms with Crippen molar-refractivity contribution in [2.24, 2.45) is 5.73 Å². The van der Waals surface area contributed by atoms with Crippen molar-refractivity contribution in [2.45, 2.75) is 6.04 Å². The third-order valence-corrected chi connectivity index (χ3v) is 2.45. The largest absolute Gasteiger partial charge is 0.467 e. The molecule has 2 rings (SSSR count). The number of hydrogen-bond acceptors (Lipinski definition) is 3. The molecule has 12 heavy (non-hydrogen) atoms. The molecule has 0 aliphatic heterocycles. The zero-order valence-corrected chi connectivity index (χ0v) is 7.25. The molecule has 0 amide bonds. The van der Waals surface area contributed by atoms with Crippen LogP contribution in [0.5, 0.6) is 0 Å². The second-order valence-electron chi connectivity index (χ2n) is 2.55. The van der Waals surface area contributed by atoms with Crippen molar-refractivity contribution in [3.63, 3.8) is 0 Å². The highest BCUT2D eigenvalue weighted by Gasteiger charge is 2.10. The van der Waals surface area contributed by atoms with Crippen molar-refractivity contribution in [1.29, 1.82) is 0 Å². The van der Waals surface area contributed by atoms with Crippen molar-refractivity contribution < 1.29 is 4.42 Å². The SMILES string of the molecule is NC(c1ccsc1)c1ccco1. The third-order valence-electron chi connectivity index (χ3n) is 1.75. The monoisotopic (exact) mass is 179 g/mol. The highest BCUT2D eigenvalue weighted by Crippen LogP contribution is 2.21. The summed E-state index contributed by atoms with van der Waals surface area (Å²) in [6.45, 7) is 0. The molecule has 3 heteroatoms. The fraction of sp³-hybridized carbons (Fsp3) is 0.111. The summed E-state index contributed by atoms with van der Waals surface area (Å²) < 4.78 is 5.20. The molecule has 2 nitrogen and oxygen atoms in total. The molecule has 2 aromatic heterocycles. The molecule has 62 valence electrons. The molecule has 0 saturated heterocycles. The molecule has 2 heterocycles. The Hall–Kier alpha value is -1.06. The van der Waals surface area contributed by atoms with Gasteiger partial charge in [-0.1, -0.05) is 0 Å². The van der Waals surface area contributed by atoms with Crippen LogP contribution in [0.15, 0.2) is 39.6 Å². The summed E-state index contributed by atoms with van der Waals surface area (Å²) in [7, 11) is 0. The number of thiophene rings is 1. The number of rotatable bonds is 2. The number of hydrogen-bond donors (Lipinski definition) is 1. The van der Waals surface area contributed by atoms with Crippen molar-refractivity contribution >= 4 is 11.3 Å². The second-order valence-corrected chi connectivity index (χ2v) is 3.33. The van der Waals surface area contributed by atoms with Crippen LogP contribution >= 0.6 is 11.3 Å². The highest BCUT2D eigenvalue weighted by molar-refractivity contribution is 7.07. The average Bonchev–Trinajstić information content (AvgIpc) is 2.77. The van der Waals surface area contributed by atoms with Crippen molar-refractivity contribution in [1.82, 2.24) is 0 Å². The lowest BCUT2D eigenvalue weighted by Crippen LogP contribution is -2.09. The topological polar surface area (TPSA) is 39.2 Å². The van der Waals surface area contributed by atoms with Crippen molar-refractivity contribution in [2.75, 3.05) is 0 Å². The summed E-state index contributed by atoms with van der Waals surface area (Å²) in [5.41, 5.74) is 7.02. The molecular weight excluding hydrogens is 170 g/mol. The summed E-state index contributed by atoms with van der Waals surface area (Å²) in [5.74, 6) is 0.813. The first-order valence-corrected chi connectivity index (χ1v) is 4.63. The summed E-state index contributed by atoms with van der Waals surface area (Å²) in [6, 6.07) is 5.63. The Bertz CT molecular complexity index is 291. The minimum atomic E-state index is -0.119. The number of nitrogens with two attached hydrogens (primary N) is 1. The van der Waals surface area contributed by atoms with Crippen LogP contribution in [0.2, 0.25) is 0 Å². The van der Waals surface area contributed by atoms with E-state index in [4.69, 9.17) is 10.2 Å². The van der Waals surface area contributed by atoms with Gasteiger partial charge in [-0.25, -0.2) is 0 Å². The molecule has 0 aliphatic carbocycles. The molecule has 2 aromatic rings. The quantitative estimate of drug-likeness (QED) is 0.768. The summed E-state index contributed by atoms with van der Waals surface area (Å²) in [5, 5.41) is 4.05. The van der Waals surface area contributed by atoms with Gasteiger partial charge in [-0.2, -0.15) is 11.3 Å². The molecule has 0 fully saturated rings. The standard InChI is InChI=1S/C9H9NOS/c10-9(7-3-5-12-6-7)8-2-1-4-11-8/h1-6,9H,10H2. The maximum absolute atomic E-state index is 5.92. The van der Waals surface area contributed by atoms with Crippen LogP contribution in [-0.2, 0) is 0 Å². The molecule has 0 saturated carbocycles. The predicted octanol–water partition coefficient (Wildman–Crippen LogP) is 2.39. The zero-order valence-electron chi connectivity index (χ0n) is 6.44. The fourth-order valence-corrected chi connectivity index (χ4v) is 1.78. The van der Waals surface area contributed by atoms with Crippen LogP contribution in [0.4, 0.5) is 0 Å². The number of furan rings is 1. The van der Waals surface area contributed by atoms with E-state index in [-0.39, 0.29) is 6.04 Å². The lowest BCUT2D eigenvalue weighted by Gasteiger charge is -2.04. The second kappa shape index (κ2) is 3.13.